The number of amides is 2. The monoisotopic (exact) mass is 591 g/mol. The van der Waals surface area contributed by atoms with Crippen molar-refractivity contribution in [2.24, 2.45) is 0 Å². The SMILES string of the molecule is CC[C@@H](C)NC(=O)[C@H](C)N(Cc1ccc(Cl)c(Cl)c1)C(=O)CN(c1cccc(Br)c1)S(C)(=O)=O. The fraction of sp³-hybridized carbons (Fsp3) is 0.391. The Bertz CT molecular complexity index is 1150. The summed E-state index contributed by atoms with van der Waals surface area (Å²) in [5, 5.41) is 3.56. The third-order valence-corrected chi connectivity index (χ3v) is 7.65. The molecule has 7 nitrogen and oxygen atoms in total. The highest BCUT2D eigenvalue weighted by Crippen LogP contribution is 2.25. The quantitative estimate of drug-likeness (QED) is 0.427. The highest BCUT2D eigenvalue weighted by molar-refractivity contribution is 9.10. The summed E-state index contributed by atoms with van der Waals surface area (Å²) in [5.74, 6) is -0.876. The predicted molar refractivity (Wildman–Crippen MR) is 141 cm³/mol. The molecule has 0 fully saturated rings. The van der Waals surface area contributed by atoms with Gasteiger partial charge in [0.15, 0.2) is 0 Å². The van der Waals surface area contributed by atoms with E-state index in [0.29, 0.717) is 25.8 Å². The lowest BCUT2D eigenvalue weighted by atomic mass is 10.1. The molecule has 2 rings (SSSR count). The molecule has 0 unspecified atom stereocenters. The maximum Gasteiger partial charge on any atom is 0.244 e. The lowest BCUT2D eigenvalue weighted by molar-refractivity contribution is -0.139. The molecular weight excluding hydrogens is 565 g/mol. The van der Waals surface area contributed by atoms with E-state index in [2.05, 4.69) is 21.2 Å². The standard InChI is InChI=1S/C23H28BrCl2N3O4S/c1-5-15(2)27-23(31)16(3)28(13-17-9-10-20(25)21(26)11-17)22(30)14-29(34(4,32)33)19-8-6-7-18(24)12-19/h6-12,15-16H,5,13-14H2,1-4H3,(H,27,31)/t15-,16+/m1/s1. The molecule has 0 aliphatic carbocycles. The number of sulfonamides is 1. The molecule has 0 heterocycles. The summed E-state index contributed by atoms with van der Waals surface area (Å²) in [6.07, 6.45) is 1.76. The molecule has 0 saturated heterocycles. The zero-order chi connectivity index (χ0) is 25.6. The molecule has 0 radical (unpaired) electrons. The van der Waals surface area contributed by atoms with E-state index in [1.165, 1.54) is 4.90 Å². The summed E-state index contributed by atoms with van der Waals surface area (Å²) in [7, 11) is -3.79. The first-order valence-electron chi connectivity index (χ1n) is 10.6. The Hall–Kier alpha value is -1.81. The molecule has 2 aromatic rings. The van der Waals surface area contributed by atoms with Crippen molar-refractivity contribution < 1.29 is 18.0 Å². The predicted octanol–water partition coefficient (Wildman–Crippen LogP) is 4.85. The second-order valence-electron chi connectivity index (χ2n) is 8.01. The number of hydrogen-bond donors (Lipinski definition) is 1. The van der Waals surface area contributed by atoms with Crippen molar-refractivity contribution in [3.63, 3.8) is 0 Å². The van der Waals surface area contributed by atoms with Crippen LogP contribution in [-0.2, 0) is 26.2 Å². The molecule has 11 heteroatoms. The lowest BCUT2D eigenvalue weighted by Gasteiger charge is -2.32. The first-order valence-corrected chi connectivity index (χ1v) is 14.0. The van der Waals surface area contributed by atoms with E-state index in [1.54, 1.807) is 49.4 Å². The van der Waals surface area contributed by atoms with Crippen LogP contribution in [0.3, 0.4) is 0 Å². The van der Waals surface area contributed by atoms with Crippen LogP contribution >= 0.6 is 39.1 Å². The van der Waals surface area contributed by atoms with Gasteiger partial charge in [-0.1, -0.05) is 58.2 Å². The summed E-state index contributed by atoms with van der Waals surface area (Å²) in [4.78, 5) is 27.7. The molecule has 2 aromatic carbocycles. The highest BCUT2D eigenvalue weighted by Gasteiger charge is 2.30. The van der Waals surface area contributed by atoms with Gasteiger partial charge in [-0.15, -0.1) is 0 Å². The normalized spacial score (nSPS) is 13.1. The van der Waals surface area contributed by atoms with E-state index < -0.39 is 28.5 Å². The lowest BCUT2D eigenvalue weighted by Crippen LogP contribution is -2.52. The van der Waals surface area contributed by atoms with Crippen molar-refractivity contribution in [1.82, 2.24) is 10.2 Å². The summed E-state index contributed by atoms with van der Waals surface area (Å²) in [6, 6.07) is 10.6. The fourth-order valence-corrected chi connectivity index (χ4v) is 4.68. The van der Waals surface area contributed by atoms with Crippen LogP contribution in [0.4, 0.5) is 5.69 Å². The summed E-state index contributed by atoms with van der Waals surface area (Å²) < 4.78 is 26.8. The van der Waals surface area contributed by atoms with Crippen LogP contribution in [0.15, 0.2) is 46.9 Å². The van der Waals surface area contributed by atoms with Crippen LogP contribution in [0.5, 0.6) is 0 Å². The van der Waals surface area contributed by atoms with Crippen molar-refractivity contribution in [3.05, 3.63) is 62.5 Å². The Kier molecular flexibility index (Phi) is 10.2. The average molecular weight is 593 g/mol. The molecule has 1 N–H and O–H groups in total. The molecule has 0 spiro atoms. The van der Waals surface area contributed by atoms with Gasteiger partial charge in [0, 0.05) is 17.1 Å². The number of nitrogens with one attached hydrogen (secondary N) is 1. The number of carbonyl (C=O) groups is 2. The Labute approximate surface area is 219 Å². The van der Waals surface area contributed by atoms with Gasteiger partial charge in [0.05, 0.1) is 22.0 Å². The summed E-state index contributed by atoms with van der Waals surface area (Å²) >= 11 is 15.5. The zero-order valence-corrected chi connectivity index (χ0v) is 23.3. The molecule has 0 bridgehead atoms. The largest absolute Gasteiger partial charge is 0.352 e. The molecule has 2 amide bonds. The number of anilines is 1. The van der Waals surface area contributed by atoms with Gasteiger partial charge in [-0.05, 0) is 56.2 Å². The summed E-state index contributed by atoms with van der Waals surface area (Å²) in [5.41, 5.74) is 0.982. The number of nitrogens with zero attached hydrogens (tertiary/aromatic N) is 2. The molecule has 0 aliphatic rings. The van der Waals surface area contributed by atoms with E-state index in [9.17, 15) is 18.0 Å². The maximum absolute atomic E-state index is 13.5. The maximum atomic E-state index is 13.5. The van der Waals surface area contributed by atoms with Gasteiger partial charge in [0.1, 0.15) is 12.6 Å². The molecule has 0 saturated carbocycles. The number of hydrogen-bond acceptors (Lipinski definition) is 4. The van der Waals surface area contributed by atoms with Crippen LogP contribution in [0, 0.1) is 0 Å². The molecule has 0 aromatic heterocycles. The molecule has 2 atom stereocenters. The first kappa shape index (κ1) is 28.4. The van der Waals surface area contributed by atoms with Crippen molar-refractivity contribution >= 4 is 66.7 Å². The Balaban J connectivity index is 2.41. The van der Waals surface area contributed by atoms with Crippen LogP contribution in [0.25, 0.3) is 0 Å². The third-order valence-electron chi connectivity index (χ3n) is 5.28. The van der Waals surface area contributed by atoms with E-state index in [-0.39, 0.29) is 18.5 Å². The average Bonchev–Trinajstić information content (AvgIpc) is 2.76. The van der Waals surface area contributed by atoms with Gasteiger partial charge in [-0.3, -0.25) is 13.9 Å². The molecule has 186 valence electrons. The van der Waals surface area contributed by atoms with E-state index >= 15 is 0 Å². The van der Waals surface area contributed by atoms with Crippen molar-refractivity contribution in [2.45, 2.75) is 45.8 Å². The number of halogens is 3. The molecule has 0 aliphatic heterocycles. The summed E-state index contributed by atoms with van der Waals surface area (Å²) in [6.45, 7) is 4.99. The minimum absolute atomic E-state index is 0.0426. The Morgan fingerprint density at radius 2 is 1.76 bits per heavy atom. The van der Waals surface area contributed by atoms with Crippen LogP contribution in [-0.4, -0.2) is 50.0 Å². The zero-order valence-electron chi connectivity index (χ0n) is 19.4. The second kappa shape index (κ2) is 12.2. The van der Waals surface area contributed by atoms with Crippen LogP contribution in [0.2, 0.25) is 10.0 Å². The Morgan fingerprint density at radius 3 is 2.32 bits per heavy atom. The smallest absolute Gasteiger partial charge is 0.244 e. The van der Waals surface area contributed by atoms with Gasteiger partial charge in [0.25, 0.3) is 0 Å². The van der Waals surface area contributed by atoms with Gasteiger partial charge in [-0.2, -0.15) is 0 Å². The second-order valence-corrected chi connectivity index (χ2v) is 11.7. The van der Waals surface area contributed by atoms with Crippen molar-refractivity contribution in [2.75, 3.05) is 17.1 Å². The third kappa shape index (κ3) is 7.86. The van der Waals surface area contributed by atoms with Gasteiger partial charge >= 0.3 is 0 Å². The molecule has 34 heavy (non-hydrogen) atoms. The van der Waals surface area contributed by atoms with Gasteiger partial charge in [0.2, 0.25) is 21.8 Å². The topological polar surface area (TPSA) is 86.8 Å². The number of rotatable bonds is 10. The van der Waals surface area contributed by atoms with Crippen LogP contribution in [0.1, 0.15) is 32.8 Å². The molecular formula is C23H28BrCl2N3O4S. The fourth-order valence-electron chi connectivity index (χ4n) is 3.13. The minimum Gasteiger partial charge on any atom is -0.352 e. The van der Waals surface area contributed by atoms with Crippen molar-refractivity contribution in [3.8, 4) is 0 Å². The van der Waals surface area contributed by atoms with E-state index in [4.69, 9.17) is 23.2 Å². The van der Waals surface area contributed by atoms with Gasteiger partial charge in [-0.25, -0.2) is 8.42 Å². The highest BCUT2D eigenvalue weighted by atomic mass is 79.9. The first-order chi connectivity index (χ1) is 15.8. The van der Waals surface area contributed by atoms with E-state index in [1.807, 2.05) is 13.8 Å². The van der Waals surface area contributed by atoms with E-state index in [0.717, 1.165) is 17.0 Å². The van der Waals surface area contributed by atoms with Gasteiger partial charge < -0.3 is 10.2 Å². The minimum atomic E-state index is -3.79. The number of benzene rings is 2. The van der Waals surface area contributed by atoms with Crippen molar-refractivity contribution in [1.29, 1.82) is 0 Å². The number of carbonyl (C=O) groups excluding carboxylic acids is 2. The van der Waals surface area contributed by atoms with Crippen LogP contribution < -0.4 is 9.62 Å². The Morgan fingerprint density at radius 1 is 1.09 bits per heavy atom.